The van der Waals surface area contributed by atoms with Gasteiger partial charge in [0.25, 0.3) is 5.91 Å². The number of ether oxygens (including phenoxy) is 1. The van der Waals surface area contributed by atoms with Crippen LogP contribution in [0.3, 0.4) is 0 Å². The molecule has 1 aromatic heterocycles. The van der Waals surface area contributed by atoms with Crippen LogP contribution in [0, 0.1) is 5.21 Å². The van der Waals surface area contributed by atoms with Crippen LogP contribution in [-0.2, 0) is 11.2 Å². The highest BCUT2D eigenvalue weighted by molar-refractivity contribution is 5.94. The molecule has 7 heteroatoms. The number of likely N-dealkylation sites (tertiary alicyclic amines) is 1. The molecule has 0 spiro atoms. The van der Waals surface area contributed by atoms with Crippen molar-refractivity contribution in [1.29, 1.82) is 0 Å². The molecular weight excluding hydrogens is 334 g/mol. The molecule has 1 saturated heterocycles. The minimum atomic E-state index is -0.277. The molecule has 0 aliphatic carbocycles. The molecule has 2 heterocycles. The monoisotopic (exact) mass is 355 g/mol. The van der Waals surface area contributed by atoms with Gasteiger partial charge in [-0.05, 0) is 24.1 Å². The molecule has 0 radical (unpaired) electrons. The van der Waals surface area contributed by atoms with Gasteiger partial charge in [-0.2, -0.15) is 4.73 Å². The topological polar surface area (TPSA) is 85.6 Å². The first-order valence-electron chi connectivity index (χ1n) is 8.45. The van der Waals surface area contributed by atoms with E-state index in [-0.39, 0.29) is 17.9 Å². The third-order valence-electron chi connectivity index (χ3n) is 4.44. The van der Waals surface area contributed by atoms with Crippen LogP contribution in [0.25, 0.3) is 0 Å². The number of nitrogens with one attached hydrogen (secondary N) is 1. The van der Waals surface area contributed by atoms with E-state index in [0.29, 0.717) is 29.8 Å². The van der Waals surface area contributed by atoms with Gasteiger partial charge >= 0.3 is 0 Å². The summed E-state index contributed by atoms with van der Waals surface area (Å²) in [7, 11) is 1.63. The highest BCUT2D eigenvalue weighted by Gasteiger charge is 2.30. The molecule has 7 nitrogen and oxygen atoms in total. The number of methoxy groups -OCH3 is 1. The van der Waals surface area contributed by atoms with E-state index >= 15 is 0 Å². The second-order valence-corrected chi connectivity index (χ2v) is 6.26. The van der Waals surface area contributed by atoms with Gasteiger partial charge in [0.1, 0.15) is 5.75 Å². The van der Waals surface area contributed by atoms with Crippen molar-refractivity contribution in [1.82, 2.24) is 10.2 Å². The molecule has 0 bridgehead atoms. The molecule has 1 aromatic carbocycles. The maximum absolute atomic E-state index is 12.2. The lowest BCUT2D eigenvalue weighted by molar-refractivity contribution is -0.605. The molecule has 2 aromatic rings. The minimum Gasteiger partial charge on any atom is -0.619 e. The molecule has 1 aliphatic heterocycles. The van der Waals surface area contributed by atoms with Crippen LogP contribution in [0.2, 0.25) is 0 Å². The summed E-state index contributed by atoms with van der Waals surface area (Å²) in [5.41, 5.74) is 1.53. The first-order chi connectivity index (χ1) is 12.5. The zero-order chi connectivity index (χ0) is 18.5. The van der Waals surface area contributed by atoms with Crippen molar-refractivity contribution < 1.29 is 19.1 Å². The average Bonchev–Trinajstić information content (AvgIpc) is 3.00. The molecule has 136 valence electrons. The maximum Gasteiger partial charge on any atom is 0.252 e. The normalized spacial score (nSPS) is 16.6. The van der Waals surface area contributed by atoms with E-state index in [1.807, 2.05) is 24.3 Å². The van der Waals surface area contributed by atoms with Gasteiger partial charge in [0.05, 0.1) is 18.7 Å². The van der Waals surface area contributed by atoms with Crippen LogP contribution in [0.1, 0.15) is 22.3 Å². The van der Waals surface area contributed by atoms with E-state index in [4.69, 9.17) is 4.74 Å². The largest absolute Gasteiger partial charge is 0.619 e. The Bertz CT molecular complexity index is 774. The number of hydrogen-bond donors (Lipinski definition) is 1. The molecule has 26 heavy (non-hydrogen) atoms. The summed E-state index contributed by atoms with van der Waals surface area (Å²) in [5.74, 6) is 0.562. The number of nitrogens with zero attached hydrogens (tertiary/aromatic N) is 2. The Balaban J connectivity index is 1.51. The fourth-order valence-corrected chi connectivity index (χ4v) is 2.97. The van der Waals surface area contributed by atoms with Gasteiger partial charge in [-0.15, -0.1) is 0 Å². The lowest BCUT2D eigenvalue weighted by atomic mass is 10.1. The van der Waals surface area contributed by atoms with Crippen LogP contribution in [0.5, 0.6) is 5.75 Å². The number of benzene rings is 1. The predicted molar refractivity (Wildman–Crippen MR) is 94.6 cm³/mol. The third kappa shape index (κ3) is 4.30. The van der Waals surface area contributed by atoms with Gasteiger partial charge in [0.15, 0.2) is 12.4 Å². The molecule has 2 amide bonds. The summed E-state index contributed by atoms with van der Waals surface area (Å²) in [4.78, 5) is 26.1. The number of amides is 2. The third-order valence-corrected chi connectivity index (χ3v) is 4.44. The van der Waals surface area contributed by atoms with Crippen LogP contribution in [0.15, 0.2) is 48.8 Å². The zero-order valence-electron chi connectivity index (χ0n) is 14.6. The van der Waals surface area contributed by atoms with Crippen LogP contribution in [0.4, 0.5) is 0 Å². The second-order valence-electron chi connectivity index (χ2n) is 6.26. The zero-order valence-corrected chi connectivity index (χ0v) is 14.6. The van der Waals surface area contributed by atoms with Gasteiger partial charge < -0.3 is 20.2 Å². The molecular formula is C19H21N3O4. The first kappa shape index (κ1) is 17.7. The van der Waals surface area contributed by atoms with Crippen molar-refractivity contribution in [2.45, 2.75) is 18.9 Å². The summed E-state index contributed by atoms with van der Waals surface area (Å²) in [6.07, 6.45) is 3.59. The van der Waals surface area contributed by atoms with Gasteiger partial charge in [0.2, 0.25) is 5.91 Å². The van der Waals surface area contributed by atoms with Gasteiger partial charge in [-0.1, -0.05) is 12.1 Å². The van der Waals surface area contributed by atoms with Crippen molar-refractivity contribution in [3.63, 3.8) is 0 Å². The van der Waals surface area contributed by atoms with Crippen molar-refractivity contribution in [3.8, 4) is 5.75 Å². The van der Waals surface area contributed by atoms with Gasteiger partial charge in [-0.3, -0.25) is 9.59 Å². The highest BCUT2D eigenvalue weighted by atomic mass is 16.5. The maximum atomic E-state index is 12.2. The Hall–Kier alpha value is -3.09. The van der Waals surface area contributed by atoms with Crippen molar-refractivity contribution in [2.24, 2.45) is 0 Å². The number of rotatable bonds is 6. The van der Waals surface area contributed by atoms with Crippen LogP contribution >= 0.6 is 0 Å². The van der Waals surface area contributed by atoms with Crippen molar-refractivity contribution >= 4 is 11.8 Å². The molecule has 3 rings (SSSR count). The van der Waals surface area contributed by atoms with Crippen molar-refractivity contribution in [3.05, 3.63) is 65.1 Å². The highest BCUT2D eigenvalue weighted by Crippen LogP contribution is 2.15. The molecule has 1 atom stereocenters. The smallest absolute Gasteiger partial charge is 0.252 e. The SMILES string of the molecule is COc1ccc(CCN2C[C@@H](NC(=O)c3cc[n+]([O-])cc3)CC2=O)cc1. The Morgan fingerprint density at radius 1 is 1.27 bits per heavy atom. The summed E-state index contributed by atoms with van der Waals surface area (Å²) in [6, 6.07) is 10.5. The lowest BCUT2D eigenvalue weighted by Gasteiger charge is -2.17. The predicted octanol–water partition coefficient (Wildman–Crippen LogP) is 0.902. The Kier molecular flexibility index (Phi) is 5.36. The number of aromatic nitrogens is 1. The summed E-state index contributed by atoms with van der Waals surface area (Å²) in [5, 5.41) is 13.9. The van der Waals surface area contributed by atoms with E-state index in [1.54, 1.807) is 12.0 Å². The Labute approximate surface area is 151 Å². The molecule has 1 fully saturated rings. The summed E-state index contributed by atoms with van der Waals surface area (Å²) < 4.78 is 5.76. The van der Waals surface area contributed by atoms with Crippen LogP contribution < -0.4 is 14.8 Å². The van der Waals surface area contributed by atoms with Crippen molar-refractivity contribution in [2.75, 3.05) is 20.2 Å². The van der Waals surface area contributed by atoms with Gasteiger partial charge in [0, 0.05) is 31.6 Å². The summed E-state index contributed by atoms with van der Waals surface area (Å²) in [6.45, 7) is 1.11. The minimum absolute atomic E-state index is 0.0364. The average molecular weight is 355 g/mol. The van der Waals surface area contributed by atoms with Crippen LogP contribution in [-0.4, -0.2) is 43.0 Å². The number of carbonyl (C=O) groups is 2. The second kappa shape index (κ2) is 7.86. The first-order valence-corrected chi connectivity index (χ1v) is 8.45. The quantitative estimate of drug-likeness (QED) is 0.616. The van der Waals surface area contributed by atoms with E-state index in [9.17, 15) is 14.8 Å². The number of carbonyl (C=O) groups excluding carboxylic acids is 2. The van der Waals surface area contributed by atoms with Gasteiger partial charge in [-0.25, -0.2) is 0 Å². The standard InChI is InChI=1S/C19H21N3O4/c1-26-17-4-2-14(3-5-17)6-9-21-13-16(12-18(21)23)20-19(24)15-7-10-22(25)11-8-15/h2-5,7-8,10-11,16H,6,9,12-13H2,1H3,(H,20,24)/t16-/m0/s1. The Morgan fingerprint density at radius 3 is 2.62 bits per heavy atom. The van der Waals surface area contributed by atoms with E-state index in [2.05, 4.69) is 5.32 Å². The molecule has 1 N–H and O–H groups in total. The lowest BCUT2D eigenvalue weighted by Crippen LogP contribution is -2.38. The molecule has 1 aliphatic rings. The van der Waals surface area contributed by atoms with E-state index in [0.717, 1.165) is 17.7 Å². The summed E-state index contributed by atoms with van der Waals surface area (Å²) >= 11 is 0. The fourth-order valence-electron chi connectivity index (χ4n) is 2.97. The number of hydrogen-bond acceptors (Lipinski definition) is 4. The molecule has 0 unspecified atom stereocenters. The number of pyridine rings is 1. The van der Waals surface area contributed by atoms with E-state index < -0.39 is 0 Å². The Morgan fingerprint density at radius 2 is 1.96 bits per heavy atom. The fraction of sp³-hybridized carbons (Fsp3) is 0.316. The molecule has 0 saturated carbocycles. The van der Waals surface area contributed by atoms with E-state index in [1.165, 1.54) is 24.5 Å².